The topological polar surface area (TPSA) is 120 Å². The Labute approximate surface area is 230 Å². The van der Waals surface area contributed by atoms with E-state index in [2.05, 4.69) is 47.5 Å². The average molecular weight is 555 g/mol. The lowest BCUT2D eigenvalue weighted by molar-refractivity contribution is -0.137. The van der Waals surface area contributed by atoms with Crippen molar-refractivity contribution in [1.82, 2.24) is 25.5 Å². The molecule has 3 aliphatic rings. The number of fused-ring (bicyclic) bond motifs is 2. The highest BCUT2D eigenvalue weighted by Crippen LogP contribution is 2.43. The van der Waals surface area contributed by atoms with Gasteiger partial charge in [-0.2, -0.15) is 23.3 Å². The number of alkyl halides is 3. The van der Waals surface area contributed by atoms with Crippen LogP contribution in [0.5, 0.6) is 0 Å². The van der Waals surface area contributed by atoms with Gasteiger partial charge in [-0.3, -0.25) is 5.10 Å². The summed E-state index contributed by atoms with van der Waals surface area (Å²) in [5.74, 6) is 3.02. The molecular formula is C28H33F3N8O. The first-order valence-electron chi connectivity index (χ1n) is 14.0. The SMILES string of the molecule is O=C(Nc1cccc(C(F)(F)F)c1)N[C@H]1[C@@H]2CC[C@H]1C[C@@H](Nc1nccc(Nc3cc(C4CCCC4)[nH]n3)n1)C2. The van der Waals surface area contributed by atoms with Gasteiger partial charge in [-0.05, 0) is 74.6 Å². The quantitative estimate of drug-likeness (QED) is 0.230. The molecule has 0 unspecified atom stereocenters. The number of carbonyl (C=O) groups excluding carboxylic acids is 1. The van der Waals surface area contributed by atoms with Crippen LogP contribution in [0.25, 0.3) is 0 Å². The summed E-state index contributed by atoms with van der Waals surface area (Å²) in [5.41, 5.74) is 0.485. The van der Waals surface area contributed by atoms with Crippen LogP contribution >= 0.6 is 0 Å². The van der Waals surface area contributed by atoms with E-state index in [1.54, 1.807) is 6.20 Å². The van der Waals surface area contributed by atoms with Gasteiger partial charge in [-0.25, -0.2) is 9.78 Å². The highest BCUT2D eigenvalue weighted by atomic mass is 19.4. The van der Waals surface area contributed by atoms with Gasteiger partial charge < -0.3 is 21.3 Å². The number of benzene rings is 1. The summed E-state index contributed by atoms with van der Waals surface area (Å²) < 4.78 is 39.0. The molecule has 212 valence electrons. The Balaban J connectivity index is 1.02. The molecule has 4 atom stereocenters. The molecule has 0 saturated heterocycles. The molecule has 2 amide bonds. The van der Waals surface area contributed by atoms with E-state index in [0.29, 0.717) is 17.7 Å². The van der Waals surface area contributed by atoms with Crippen molar-refractivity contribution in [2.45, 2.75) is 75.5 Å². The summed E-state index contributed by atoms with van der Waals surface area (Å²) in [6.45, 7) is 0. The van der Waals surface area contributed by atoms with Crippen molar-refractivity contribution in [3.8, 4) is 0 Å². The maximum absolute atomic E-state index is 13.0. The number of nitrogens with one attached hydrogen (secondary N) is 5. The zero-order chi connectivity index (χ0) is 27.7. The lowest BCUT2D eigenvalue weighted by Gasteiger charge is -2.36. The van der Waals surface area contributed by atoms with Gasteiger partial charge >= 0.3 is 12.2 Å². The fraction of sp³-hybridized carbons (Fsp3) is 0.500. The highest BCUT2D eigenvalue weighted by molar-refractivity contribution is 5.89. The molecule has 40 heavy (non-hydrogen) atoms. The van der Waals surface area contributed by atoms with E-state index in [0.717, 1.165) is 49.3 Å². The molecule has 3 aromatic rings. The standard InChI is InChI=1S/C28H33F3N8O/c29-28(30,31)19-6-3-7-20(14-19)34-27(40)37-25-17-8-9-18(25)13-21(12-17)33-26-32-11-10-23(36-26)35-24-15-22(38-39-24)16-4-1-2-5-16/h3,6-7,10-11,14-18,21,25H,1-2,4-5,8-9,12-13H2,(H2,34,37,40)(H3,32,33,35,36,38,39)/t17-,18+,21+,25+. The molecule has 0 radical (unpaired) electrons. The molecule has 5 N–H and O–H groups in total. The largest absolute Gasteiger partial charge is 0.416 e. The molecule has 3 aliphatic carbocycles. The van der Waals surface area contributed by atoms with Gasteiger partial charge in [0.2, 0.25) is 5.95 Å². The van der Waals surface area contributed by atoms with Gasteiger partial charge in [0.15, 0.2) is 5.82 Å². The second kappa shape index (κ2) is 11.0. The maximum atomic E-state index is 13.0. The molecule has 2 heterocycles. The predicted octanol–water partition coefficient (Wildman–Crippen LogP) is 6.41. The minimum atomic E-state index is -4.46. The van der Waals surface area contributed by atoms with Gasteiger partial charge in [0, 0.05) is 41.6 Å². The third-order valence-electron chi connectivity index (χ3n) is 8.48. The van der Waals surface area contributed by atoms with Gasteiger partial charge in [0.05, 0.1) is 5.56 Å². The minimum Gasteiger partial charge on any atom is -0.351 e. The van der Waals surface area contributed by atoms with Gasteiger partial charge in [0.1, 0.15) is 5.82 Å². The first-order valence-corrected chi connectivity index (χ1v) is 14.0. The molecule has 12 heteroatoms. The number of halogens is 3. The Morgan fingerprint density at radius 2 is 1.75 bits per heavy atom. The number of aromatic amines is 1. The maximum Gasteiger partial charge on any atom is 0.416 e. The van der Waals surface area contributed by atoms with Crippen LogP contribution < -0.4 is 21.3 Å². The summed E-state index contributed by atoms with van der Waals surface area (Å²) in [7, 11) is 0. The van der Waals surface area contributed by atoms with Crippen LogP contribution in [0, 0.1) is 11.8 Å². The van der Waals surface area contributed by atoms with Crippen LogP contribution in [0.4, 0.5) is 41.2 Å². The number of nitrogens with zero attached hydrogens (tertiary/aromatic N) is 3. The van der Waals surface area contributed by atoms with E-state index in [-0.39, 0.29) is 29.6 Å². The van der Waals surface area contributed by atoms with Crippen molar-refractivity contribution in [2.24, 2.45) is 11.8 Å². The summed E-state index contributed by atoms with van der Waals surface area (Å²) in [4.78, 5) is 21.7. The van der Waals surface area contributed by atoms with Crippen LogP contribution in [-0.4, -0.2) is 38.3 Å². The number of carbonyl (C=O) groups is 1. The van der Waals surface area contributed by atoms with E-state index in [9.17, 15) is 18.0 Å². The molecule has 2 bridgehead atoms. The monoisotopic (exact) mass is 554 g/mol. The predicted molar refractivity (Wildman–Crippen MR) is 145 cm³/mol. The number of rotatable bonds is 7. The van der Waals surface area contributed by atoms with Crippen molar-refractivity contribution in [3.05, 3.63) is 53.9 Å². The molecule has 0 aliphatic heterocycles. The van der Waals surface area contributed by atoms with Crippen LogP contribution in [0.15, 0.2) is 42.6 Å². The van der Waals surface area contributed by atoms with Crippen molar-refractivity contribution >= 4 is 29.3 Å². The third kappa shape index (κ3) is 6.00. The number of aromatic nitrogens is 4. The van der Waals surface area contributed by atoms with E-state index >= 15 is 0 Å². The zero-order valence-electron chi connectivity index (χ0n) is 22.0. The van der Waals surface area contributed by atoms with Gasteiger partial charge in [-0.15, -0.1) is 0 Å². The smallest absolute Gasteiger partial charge is 0.351 e. The number of amides is 2. The molecule has 0 spiro atoms. The average Bonchev–Trinajstić information content (AvgIpc) is 3.65. The number of anilines is 4. The second-order valence-corrected chi connectivity index (χ2v) is 11.2. The fourth-order valence-electron chi connectivity index (χ4n) is 6.63. The number of urea groups is 1. The first-order chi connectivity index (χ1) is 19.3. The fourth-order valence-corrected chi connectivity index (χ4v) is 6.63. The third-order valence-corrected chi connectivity index (χ3v) is 8.48. The summed E-state index contributed by atoms with van der Waals surface area (Å²) in [6, 6.07) is 8.19. The normalized spacial score (nSPS) is 24.6. The molecule has 3 saturated carbocycles. The summed E-state index contributed by atoms with van der Waals surface area (Å²) in [6.07, 6.45) is 5.83. The van der Waals surface area contributed by atoms with E-state index in [1.165, 1.54) is 37.8 Å². The van der Waals surface area contributed by atoms with Crippen molar-refractivity contribution in [2.75, 3.05) is 16.0 Å². The van der Waals surface area contributed by atoms with Crippen molar-refractivity contribution in [3.63, 3.8) is 0 Å². The Kier molecular flexibility index (Phi) is 7.24. The van der Waals surface area contributed by atoms with Crippen LogP contribution in [-0.2, 0) is 6.18 Å². The lowest BCUT2D eigenvalue weighted by Crippen LogP contribution is -2.49. The van der Waals surface area contributed by atoms with Gasteiger partial charge in [0.25, 0.3) is 0 Å². The van der Waals surface area contributed by atoms with E-state index in [1.807, 2.05) is 6.07 Å². The Bertz CT molecular complexity index is 1320. The number of H-pyrrole nitrogens is 1. The summed E-state index contributed by atoms with van der Waals surface area (Å²) in [5, 5.41) is 19.9. The number of hydrogen-bond acceptors (Lipinski definition) is 6. The van der Waals surface area contributed by atoms with Crippen LogP contribution in [0.2, 0.25) is 0 Å². The van der Waals surface area contributed by atoms with Gasteiger partial charge in [-0.1, -0.05) is 18.9 Å². The van der Waals surface area contributed by atoms with Crippen LogP contribution in [0.3, 0.4) is 0 Å². The molecule has 9 nitrogen and oxygen atoms in total. The Hall–Kier alpha value is -3.83. The molecular weight excluding hydrogens is 521 g/mol. The molecule has 1 aromatic carbocycles. The Morgan fingerprint density at radius 3 is 2.50 bits per heavy atom. The molecule has 2 aromatic heterocycles. The molecule has 6 rings (SSSR count). The summed E-state index contributed by atoms with van der Waals surface area (Å²) >= 11 is 0. The highest BCUT2D eigenvalue weighted by Gasteiger charge is 2.43. The van der Waals surface area contributed by atoms with Crippen molar-refractivity contribution < 1.29 is 18.0 Å². The van der Waals surface area contributed by atoms with Crippen LogP contribution in [0.1, 0.15) is 68.5 Å². The second-order valence-electron chi connectivity index (χ2n) is 11.2. The first kappa shape index (κ1) is 26.4. The minimum absolute atomic E-state index is 0.0218. The number of hydrogen-bond donors (Lipinski definition) is 5. The Morgan fingerprint density at radius 1 is 0.975 bits per heavy atom. The van der Waals surface area contributed by atoms with E-state index < -0.39 is 17.8 Å². The zero-order valence-corrected chi connectivity index (χ0v) is 22.0. The van der Waals surface area contributed by atoms with E-state index in [4.69, 9.17) is 0 Å². The lowest BCUT2D eigenvalue weighted by atomic mass is 9.81. The van der Waals surface area contributed by atoms with Crippen molar-refractivity contribution in [1.29, 1.82) is 0 Å². The molecule has 3 fully saturated rings.